The van der Waals surface area contributed by atoms with Crippen LogP contribution in [0.5, 0.6) is 0 Å². The number of aliphatic carboxylic acids is 1. The molecule has 0 bridgehead atoms. The highest BCUT2D eigenvalue weighted by Gasteiger charge is 2.45. The number of hydrogen-bond acceptors (Lipinski definition) is 5. The van der Waals surface area contributed by atoms with Gasteiger partial charge in [0.1, 0.15) is 24.9 Å². The van der Waals surface area contributed by atoms with E-state index in [1.165, 1.54) is 0 Å². The second-order valence-corrected chi connectivity index (χ2v) is 9.66. The monoisotopic (exact) mass is 480 g/mol. The summed E-state index contributed by atoms with van der Waals surface area (Å²) in [6.07, 6.45) is 0.0663. The Hall–Kier alpha value is -3.39. The number of hydrogen-bond donors (Lipinski definition) is 2. The van der Waals surface area contributed by atoms with Gasteiger partial charge in [-0.3, -0.25) is 4.79 Å². The molecule has 1 aliphatic heterocycles. The van der Waals surface area contributed by atoms with Crippen molar-refractivity contribution >= 4 is 18.0 Å². The molecule has 1 unspecified atom stereocenters. The number of ether oxygens (including phenoxy) is 2. The molecule has 0 saturated carbocycles. The first-order valence-electron chi connectivity index (χ1n) is 12.0. The maximum Gasteiger partial charge on any atom is 0.407 e. The molecule has 2 aliphatic rings. The molecule has 35 heavy (non-hydrogen) atoms. The predicted octanol–water partition coefficient (Wildman–Crippen LogP) is 3.64. The van der Waals surface area contributed by atoms with Gasteiger partial charge < -0.3 is 24.8 Å². The van der Waals surface area contributed by atoms with Crippen LogP contribution >= 0.6 is 0 Å². The number of amides is 2. The summed E-state index contributed by atoms with van der Waals surface area (Å²) in [6, 6.07) is 15.5. The second-order valence-electron chi connectivity index (χ2n) is 9.66. The molecule has 1 aliphatic carbocycles. The van der Waals surface area contributed by atoms with E-state index in [0.717, 1.165) is 22.3 Å². The Morgan fingerprint density at radius 2 is 1.66 bits per heavy atom. The number of carboxylic acid groups (broad SMARTS) is 1. The standard InChI is InChI=1S/C27H32N2O6/c1-4-17(2)24(25(32)29-15-27(3,16-29)35-14-23(30)31)28-26(33)34-13-22-20-11-7-5-9-18(20)19-10-6-8-12-21(19)22/h5-12,17,22,24H,4,13-16H2,1-3H3,(H,28,33)(H,30,31)/t17?,24-/m0/s1. The number of fused-ring (bicyclic) bond motifs is 3. The molecular formula is C27H32N2O6. The molecule has 2 atom stereocenters. The van der Waals surface area contributed by atoms with Crippen LogP contribution in [0, 0.1) is 5.92 Å². The lowest BCUT2D eigenvalue weighted by molar-refractivity contribution is -0.175. The van der Waals surface area contributed by atoms with Crippen molar-refractivity contribution in [2.75, 3.05) is 26.3 Å². The third-order valence-corrected chi connectivity index (χ3v) is 7.00. The number of nitrogens with zero attached hydrogens (tertiary/aromatic N) is 1. The van der Waals surface area contributed by atoms with E-state index < -0.39 is 30.3 Å². The fourth-order valence-electron chi connectivity index (χ4n) is 4.89. The second kappa shape index (κ2) is 10.1. The van der Waals surface area contributed by atoms with Crippen molar-refractivity contribution in [3.05, 3.63) is 59.7 Å². The van der Waals surface area contributed by atoms with Crippen molar-refractivity contribution in [2.24, 2.45) is 5.92 Å². The van der Waals surface area contributed by atoms with Gasteiger partial charge >= 0.3 is 12.1 Å². The summed E-state index contributed by atoms with van der Waals surface area (Å²) in [6.45, 7) is 5.96. The molecule has 2 N–H and O–H groups in total. The fraction of sp³-hybridized carbons (Fsp3) is 0.444. The van der Waals surface area contributed by atoms with Gasteiger partial charge in [0, 0.05) is 5.92 Å². The summed E-state index contributed by atoms with van der Waals surface area (Å²) >= 11 is 0. The number of carboxylic acids is 1. The Balaban J connectivity index is 1.38. The minimum absolute atomic E-state index is 0.0617. The molecule has 2 aromatic carbocycles. The van der Waals surface area contributed by atoms with Gasteiger partial charge in [0.25, 0.3) is 0 Å². The molecule has 1 saturated heterocycles. The molecule has 0 aromatic heterocycles. The lowest BCUT2D eigenvalue weighted by Gasteiger charge is -2.48. The number of carbonyl (C=O) groups is 3. The average Bonchev–Trinajstić information content (AvgIpc) is 3.16. The molecule has 8 heteroatoms. The van der Waals surface area contributed by atoms with Gasteiger partial charge in [-0.1, -0.05) is 68.8 Å². The SMILES string of the molecule is CCC(C)[C@H](NC(=O)OCC1c2ccccc2-c2ccccc21)C(=O)N1CC(C)(OCC(=O)O)C1. The minimum Gasteiger partial charge on any atom is -0.480 e. The molecule has 4 rings (SSSR count). The van der Waals surface area contributed by atoms with E-state index in [0.29, 0.717) is 6.42 Å². The fourth-order valence-corrected chi connectivity index (χ4v) is 4.89. The highest BCUT2D eigenvalue weighted by Crippen LogP contribution is 2.44. The number of carbonyl (C=O) groups excluding carboxylic acids is 2. The van der Waals surface area contributed by atoms with Gasteiger partial charge in [-0.2, -0.15) is 0 Å². The van der Waals surface area contributed by atoms with Gasteiger partial charge in [-0.15, -0.1) is 0 Å². The number of likely N-dealkylation sites (tertiary alicyclic amines) is 1. The summed E-state index contributed by atoms with van der Waals surface area (Å²) in [4.78, 5) is 38.3. The normalized spacial score (nSPS) is 17.5. The van der Waals surface area contributed by atoms with Crippen molar-refractivity contribution in [2.45, 2.75) is 44.8 Å². The topological polar surface area (TPSA) is 105 Å². The average molecular weight is 481 g/mol. The molecule has 1 fully saturated rings. The van der Waals surface area contributed by atoms with E-state index in [4.69, 9.17) is 14.6 Å². The first kappa shape index (κ1) is 24.7. The van der Waals surface area contributed by atoms with Gasteiger partial charge in [0.2, 0.25) is 5.91 Å². The molecule has 2 amide bonds. The van der Waals surface area contributed by atoms with Crippen LogP contribution in [0.15, 0.2) is 48.5 Å². The number of benzene rings is 2. The van der Waals surface area contributed by atoms with Crippen molar-refractivity contribution in [3.63, 3.8) is 0 Å². The van der Waals surface area contributed by atoms with Crippen LogP contribution < -0.4 is 5.32 Å². The Bertz CT molecular complexity index is 1060. The van der Waals surface area contributed by atoms with Crippen molar-refractivity contribution in [3.8, 4) is 11.1 Å². The summed E-state index contributed by atoms with van der Waals surface area (Å²) in [5, 5.41) is 11.6. The molecule has 1 heterocycles. The van der Waals surface area contributed by atoms with E-state index in [2.05, 4.69) is 29.6 Å². The van der Waals surface area contributed by atoms with Gasteiger partial charge in [0.15, 0.2) is 0 Å². The Morgan fingerprint density at radius 3 is 2.20 bits per heavy atom. The van der Waals surface area contributed by atoms with Crippen molar-refractivity contribution in [1.29, 1.82) is 0 Å². The summed E-state index contributed by atoms with van der Waals surface area (Å²) in [7, 11) is 0. The number of nitrogens with one attached hydrogen (secondary N) is 1. The van der Waals surface area contributed by atoms with Gasteiger partial charge in [-0.05, 0) is 35.1 Å². The predicted molar refractivity (Wildman–Crippen MR) is 130 cm³/mol. The third-order valence-electron chi connectivity index (χ3n) is 7.00. The zero-order valence-corrected chi connectivity index (χ0v) is 20.3. The lowest BCUT2D eigenvalue weighted by atomic mass is 9.91. The lowest BCUT2D eigenvalue weighted by Crippen LogP contribution is -2.67. The first-order chi connectivity index (χ1) is 16.7. The summed E-state index contributed by atoms with van der Waals surface area (Å²) < 4.78 is 11.0. The molecular weight excluding hydrogens is 448 g/mol. The van der Waals surface area contributed by atoms with E-state index >= 15 is 0 Å². The molecule has 186 valence electrons. The first-order valence-corrected chi connectivity index (χ1v) is 12.0. The molecule has 0 radical (unpaired) electrons. The largest absolute Gasteiger partial charge is 0.480 e. The van der Waals surface area contributed by atoms with Crippen LogP contribution in [0.1, 0.15) is 44.2 Å². The van der Waals surface area contributed by atoms with E-state index in [-0.39, 0.29) is 37.4 Å². The zero-order valence-electron chi connectivity index (χ0n) is 20.3. The molecule has 8 nitrogen and oxygen atoms in total. The van der Waals surface area contributed by atoms with Gasteiger partial charge in [-0.25, -0.2) is 9.59 Å². The van der Waals surface area contributed by atoms with E-state index in [9.17, 15) is 14.4 Å². The van der Waals surface area contributed by atoms with Crippen LogP contribution in [-0.2, 0) is 19.1 Å². The number of rotatable bonds is 9. The van der Waals surface area contributed by atoms with Crippen molar-refractivity contribution in [1.82, 2.24) is 10.2 Å². The Morgan fingerprint density at radius 1 is 1.09 bits per heavy atom. The van der Waals surface area contributed by atoms with Crippen LogP contribution in [0.25, 0.3) is 11.1 Å². The quantitative estimate of drug-likeness (QED) is 0.568. The number of alkyl carbamates (subject to hydrolysis) is 1. The minimum atomic E-state index is -1.05. The van der Waals surface area contributed by atoms with Crippen LogP contribution in [-0.4, -0.2) is 65.9 Å². The van der Waals surface area contributed by atoms with Crippen molar-refractivity contribution < 1.29 is 29.0 Å². The Kier molecular flexibility index (Phi) is 7.12. The van der Waals surface area contributed by atoms with Gasteiger partial charge in [0.05, 0.1) is 13.1 Å². The summed E-state index contributed by atoms with van der Waals surface area (Å²) in [5.41, 5.74) is 3.85. The van der Waals surface area contributed by atoms with E-state index in [1.807, 2.05) is 38.1 Å². The summed E-state index contributed by atoms with van der Waals surface area (Å²) in [5.74, 6) is -1.43. The zero-order chi connectivity index (χ0) is 25.2. The highest BCUT2D eigenvalue weighted by atomic mass is 16.5. The Labute approximate surface area is 205 Å². The maximum atomic E-state index is 13.2. The van der Waals surface area contributed by atoms with Crippen LogP contribution in [0.3, 0.4) is 0 Å². The molecule has 0 spiro atoms. The highest BCUT2D eigenvalue weighted by molar-refractivity contribution is 5.87. The third kappa shape index (κ3) is 5.17. The van der Waals surface area contributed by atoms with Crippen LogP contribution in [0.2, 0.25) is 0 Å². The maximum absolute atomic E-state index is 13.2. The van der Waals surface area contributed by atoms with E-state index in [1.54, 1.807) is 11.8 Å². The smallest absolute Gasteiger partial charge is 0.407 e. The van der Waals surface area contributed by atoms with Crippen LogP contribution in [0.4, 0.5) is 4.79 Å². The molecule has 2 aromatic rings.